The second kappa shape index (κ2) is 4.13. The Morgan fingerprint density at radius 3 is 2.15 bits per heavy atom. The highest BCUT2D eigenvalue weighted by Crippen LogP contribution is 2.19. The van der Waals surface area contributed by atoms with Gasteiger partial charge < -0.3 is 10.2 Å². The minimum absolute atomic E-state index is 0.265. The highest BCUT2D eigenvalue weighted by atomic mass is 79.9. The molecule has 0 aliphatic rings. The molecular weight excluding hydrogens is 236 g/mol. The summed E-state index contributed by atoms with van der Waals surface area (Å²) in [4.78, 5) is 8.07. The molecule has 0 amide bonds. The van der Waals surface area contributed by atoms with Crippen LogP contribution in [0.2, 0.25) is 0 Å². The van der Waals surface area contributed by atoms with Crippen molar-refractivity contribution in [3.05, 3.63) is 21.7 Å². The quantitative estimate of drug-likeness (QED) is 0.814. The van der Waals surface area contributed by atoms with Crippen LogP contribution < -0.4 is 0 Å². The van der Waals surface area contributed by atoms with E-state index in [1.165, 1.54) is 0 Å². The number of aliphatic hydroxyl groups is 2. The van der Waals surface area contributed by atoms with E-state index in [9.17, 15) is 5.11 Å². The zero-order valence-corrected chi connectivity index (χ0v) is 9.04. The number of halogens is 1. The van der Waals surface area contributed by atoms with Crippen molar-refractivity contribution in [2.24, 2.45) is 0 Å². The van der Waals surface area contributed by atoms with Gasteiger partial charge in [-0.3, -0.25) is 0 Å². The van der Waals surface area contributed by atoms with Gasteiger partial charge in [-0.2, -0.15) is 0 Å². The fourth-order valence-corrected chi connectivity index (χ4v) is 1.14. The van der Waals surface area contributed by atoms with Gasteiger partial charge in [-0.1, -0.05) is 0 Å². The fraction of sp³-hybridized carbons (Fsp3) is 0.500. The molecule has 0 spiro atoms. The molecule has 72 valence electrons. The predicted molar refractivity (Wildman–Crippen MR) is 51.3 cm³/mol. The van der Waals surface area contributed by atoms with Crippen LogP contribution in [0.3, 0.4) is 0 Å². The summed E-state index contributed by atoms with van der Waals surface area (Å²) in [5.41, 5.74) is 1.52. The monoisotopic (exact) mass is 246 g/mol. The molecule has 0 radical (unpaired) electrons. The number of nitrogens with zero attached hydrogens (tertiary/aromatic N) is 2. The molecule has 0 aliphatic carbocycles. The molecule has 0 fully saturated rings. The summed E-state index contributed by atoms with van der Waals surface area (Å²) in [6.45, 7) is 3.26. The van der Waals surface area contributed by atoms with Crippen molar-refractivity contribution in [1.29, 1.82) is 0 Å². The lowest BCUT2D eigenvalue weighted by Gasteiger charge is -2.09. The van der Waals surface area contributed by atoms with Crippen LogP contribution in [0.15, 0.2) is 4.47 Å². The van der Waals surface area contributed by atoms with Gasteiger partial charge in [0.15, 0.2) is 5.82 Å². The summed E-state index contributed by atoms with van der Waals surface area (Å²) in [5.74, 6) is 0.265. The van der Waals surface area contributed by atoms with Gasteiger partial charge in [0.05, 0.1) is 22.5 Å². The van der Waals surface area contributed by atoms with Crippen LogP contribution in [0, 0.1) is 13.8 Å². The smallest absolute Gasteiger partial charge is 0.159 e. The molecule has 2 N–H and O–H groups in total. The van der Waals surface area contributed by atoms with E-state index in [0.29, 0.717) is 0 Å². The van der Waals surface area contributed by atoms with E-state index < -0.39 is 6.10 Å². The van der Waals surface area contributed by atoms with E-state index in [1.807, 2.05) is 13.8 Å². The maximum absolute atomic E-state index is 9.28. The summed E-state index contributed by atoms with van der Waals surface area (Å²) in [6, 6.07) is 0. The maximum atomic E-state index is 9.28. The van der Waals surface area contributed by atoms with Gasteiger partial charge in [-0.05, 0) is 29.8 Å². The molecule has 13 heavy (non-hydrogen) atoms. The van der Waals surface area contributed by atoms with Crippen molar-refractivity contribution in [1.82, 2.24) is 9.97 Å². The lowest BCUT2D eigenvalue weighted by Crippen LogP contribution is -2.10. The standard InChI is InChI=1S/C8H11BrN2O2/c1-4-7(9)5(2)11-8(10-4)6(13)3-12/h6,12-13H,3H2,1-2H3/t6-/m0/s1. The van der Waals surface area contributed by atoms with E-state index in [4.69, 9.17) is 5.11 Å². The zero-order valence-electron chi connectivity index (χ0n) is 7.45. The lowest BCUT2D eigenvalue weighted by molar-refractivity contribution is 0.0883. The van der Waals surface area contributed by atoms with Gasteiger partial charge in [0.2, 0.25) is 0 Å². The van der Waals surface area contributed by atoms with E-state index in [-0.39, 0.29) is 12.4 Å². The van der Waals surface area contributed by atoms with Crippen LogP contribution in [0.5, 0.6) is 0 Å². The van der Waals surface area contributed by atoms with E-state index in [1.54, 1.807) is 0 Å². The molecule has 0 unspecified atom stereocenters. The second-order valence-corrected chi connectivity index (χ2v) is 3.56. The van der Waals surface area contributed by atoms with Crippen LogP contribution in [0.4, 0.5) is 0 Å². The fourth-order valence-electron chi connectivity index (χ4n) is 0.959. The Bertz CT molecular complexity index is 294. The Morgan fingerprint density at radius 1 is 1.31 bits per heavy atom. The first kappa shape index (κ1) is 10.6. The minimum Gasteiger partial charge on any atom is -0.393 e. The van der Waals surface area contributed by atoms with Crippen molar-refractivity contribution >= 4 is 15.9 Å². The van der Waals surface area contributed by atoms with Gasteiger partial charge in [-0.25, -0.2) is 9.97 Å². The molecule has 5 heteroatoms. The summed E-state index contributed by atoms with van der Waals surface area (Å²) in [7, 11) is 0. The highest BCUT2D eigenvalue weighted by Gasteiger charge is 2.12. The summed E-state index contributed by atoms with van der Waals surface area (Å²) in [6.07, 6.45) is -0.995. The Kier molecular flexibility index (Phi) is 3.35. The third-order valence-electron chi connectivity index (χ3n) is 1.67. The average Bonchev–Trinajstić information content (AvgIpc) is 2.12. The molecule has 1 heterocycles. The summed E-state index contributed by atoms with van der Waals surface area (Å²) >= 11 is 3.32. The predicted octanol–water partition coefficient (Wildman–Crippen LogP) is 0.882. The molecule has 0 aliphatic heterocycles. The highest BCUT2D eigenvalue weighted by molar-refractivity contribution is 9.10. The topological polar surface area (TPSA) is 66.2 Å². The lowest BCUT2D eigenvalue weighted by atomic mass is 10.3. The van der Waals surface area contributed by atoms with Crippen molar-refractivity contribution in [3.8, 4) is 0 Å². The van der Waals surface area contributed by atoms with Gasteiger partial charge in [-0.15, -0.1) is 0 Å². The van der Waals surface area contributed by atoms with E-state index >= 15 is 0 Å². The normalized spacial score (nSPS) is 13.0. The number of aryl methyl sites for hydroxylation is 2. The first-order valence-corrected chi connectivity index (χ1v) is 4.65. The molecule has 0 bridgehead atoms. The van der Waals surface area contributed by atoms with Crippen molar-refractivity contribution in [2.45, 2.75) is 20.0 Å². The number of hydrogen-bond acceptors (Lipinski definition) is 4. The molecule has 1 rings (SSSR count). The Labute approximate surface area is 84.8 Å². The minimum atomic E-state index is -0.995. The van der Waals surface area contributed by atoms with Crippen LogP contribution >= 0.6 is 15.9 Å². The van der Waals surface area contributed by atoms with E-state index in [2.05, 4.69) is 25.9 Å². The zero-order chi connectivity index (χ0) is 10.0. The second-order valence-electron chi connectivity index (χ2n) is 2.76. The van der Waals surface area contributed by atoms with Crippen molar-refractivity contribution in [2.75, 3.05) is 6.61 Å². The SMILES string of the molecule is Cc1nc([C@@H](O)CO)nc(C)c1Br. The Balaban J connectivity index is 3.13. The molecule has 0 saturated heterocycles. The maximum Gasteiger partial charge on any atom is 0.159 e. The molecule has 1 aromatic rings. The molecule has 0 saturated carbocycles. The van der Waals surface area contributed by atoms with Gasteiger partial charge >= 0.3 is 0 Å². The molecule has 1 aromatic heterocycles. The number of rotatable bonds is 2. The first-order chi connectivity index (χ1) is 6.06. The van der Waals surface area contributed by atoms with Gasteiger partial charge in [0.25, 0.3) is 0 Å². The van der Waals surface area contributed by atoms with Crippen LogP contribution in [-0.2, 0) is 0 Å². The van der Waals surface area contributed by atoms with Gasteiger partial charge in [0, 0.05) is 0 Å². The molecule has 4 nitrogen and oxygen atoms in total. The van der Waals surface area contributed by atoms with Crippen molar-refractivity contribution < 1.29 is 10.2 Å². The number of aromatic nitrogens is 2. The van der Waals surface area contributed by atoms with E-state index in [0.717, 1.165) is 15.9 Å². The third-order valence-corrected chi connectivity index (χ3v) is 2.82. The van der Waals surface area contributed by atoms with Crippen LogP contribution in [0.1, 0.15) is 23.3 Å². The van der Waals surface area contributed by atoms with Crippen LogP contribution in [-0.4, -0.2) is 26.8 Å². The van der Waals surface area contributed by atoms with Crippen LogP contribution in [0.25, 0.3) is 0 Å². The molecule has 1 atom stereocenters. The Hall–Kier alpha value is -0.520. The number of aliphatic hydroxyl groups excluding tert-OH is 2. The third kappa shape index (κ3) is 2.24. The Morgan fingerprint density at radius 2 is 1.77 bits per heavy atom. The largest absolute Gasteiger partial charge is 0.393 e. The average molecular weight is 247 g/mol. The molecular formula is C8H11BrN2O2. The molecule has 0 aromatic carbocycles. The first-order valence-electron chi connectivity index (χ1n) is 3.85. The number of hydrogen-bond donors (Lipinski definition) is 2. The summed E-state index contributed by atoms with van der Waals surface area (Å²) < 4.78 is 0.835. The summed E-state index contributed by atoms with van der Waals surface area (Å²) in [5, 5.41) is 18.0. The van der Waals surface area contributed by atoms with Gasteiger partial charge in [0.1, 0.15) is 6.10 Å². The van der Waals surface area contributed by atoms with Crippen molar-refractivity contribution in [3.63, 3.8) is 0 Å².